The summed E-state index contributed by atoms with van der Waals surface area (Å²) in [6, 6.07) is 7.73. The molecule has 1 aliphatic rings. The summed E-state index contributed by atoms with van der Waals surface area (Å²) in [5.74, 6) is -0.177. The minimum absolute atomic E-state index is 0.136. The maximum absolute atomic E-state index is 14.5. The summed E-state index contributed by atoms with van der Waals surface area (Å²) in [6.07, 6.45) is 4.59. The molecule has 0 saturated heterocycles. The fourth-order valence-corrected chi connectivity index (χ4v) is 4.82. The second-order valence-electron chi connectivity index (χ2n) is 9.86. The van der Waals surface area contributed by atoms with Gasteiger partial charge in [-0.25, -0.2) is 14.4 Å². The number of aromatic nitrogens is 3. The van der Waals surface area contributed by atoms with Crippen molar-refractivity contribution in [3.63, 3.8) is 0 Å². The van der Waals surface area contributed by atoms with Crippen LogP contribution in [-0.4, -0.2) is 51.5 Å². The number of ether oxygens (including phenoxy) is 1. The summed E-state index contributed by atoms with van der Waals surface area (Å²) in [5, 5.41) is 3.60. The lowest BCUT2D eigenvalue weighted by atomic mass is 9.87. The number of amides is 1. The van der Waals surface area contributed by atoms with Gasteiger partial charge in [0.25, 0.3) is 0 Å². The Kier molecular flexibility index (Phi) is 7.24. The number of nitrogens with one attached hydrogen (secondary N) is 1. The first-order valence-corrected chi connectivity index (χ1v) is 12.3. The maximum Gasteiger partial charge on any atom is 0.230 e. The molecule has 1 amide bonds. The zero-order valence-electron chi connectivity index (χ0n) is 21.9. The molecule has 3 aromatic rings. The Hall–Kier alpha value is -3.55. The van der Waals surface area contributed by atoms with Crippen molar-refractivity contribution in [2.45, 2.75) is 58.9 Å². The molecule has 1 aliphatic heterocycles. The minimum Gasteiger partial charge on any atom is -0.481 e. The molecule has 7 nitrogen and oxygen atoms in total. The van der Waals surface area contributed by atoms with Crippen molar-refractivity contribution in [2.75, 3.05) is 25.5 Å². The highest BCUT2D eigenvalue weighted by molar-refractivity contribution is 5.83. The highest BCUT2D eigenvalue weighted by Gasteiger charge is 2.35. The van der Waals surface area contributed by atoms with Crippen LogP contribution in [0.1, 0.15) is 55.5 Å². The molecule has 0 spiro atoms. The van der Waals surface area contributed by atoms with E-state index in [0.717, 1.165) is 52.9 Å². The molecule has 0 unspecified atom stereocenters. The molecule has 0 radical (unpaired) electrons. The smallest absolute Gasteiger partial charge is 0.230 e. The summed E-state index contributed by atoms with van der Waals surface area (Å²) in [4.78, 5) is 28.5. The molecule has 4 rings (SSSR count). The van der Waals surface area contributed by atoms with E-state index < -0.39 is 11.7 Å². The number of rotatable bonds is 7. The van der Waals surface area contributed by atoms with E-state index >= 15 is 0 Å². The van der Waals surface area contributed by atoms with Crippen molar-refractivity contribution in [1.29, 1.82) is 0 Å². The fourth-order valence-electron chi connectivity index (χ4n) is 4.82. The van der Waals surface area contributed by atoms with Crippen molar-refractivity contribution in [2.24, 2.45) is 0 Å². The van der Waals surface area contributed by atoms with E-state index in [1.807, 2.05) is 26.1 Å². The van der Waals surface area contributed by atoms with E-state index in [1.165, 1.54) is 13.2 Å². The predicted molar refractivity (Wildman–Crippen MR) is 139 cm³/mol. The summed E-state index contributed by atoms with van der Waals surface area (Å²) < 4.78 is 19.6. The average Bonchev–Trinajstić information content (AvgIpc) is 2.86. The molecule has 0 fully saturated rings. The van der Waals surface area contributed by atoms with Gasteiger partial charge in [-0.1, -0.05) is 0 Å². The first-order valence-electron chi connectivity index (χ1n) is 12.3. The van der Waals surface area contributed by atoms with E-state index in [4.69, 9.17) is 9.72 Å². The van der Waals surface area contributed by atoms with Crippen molar-refractivity contribution < 1.29 is 13.9 Å². The first kappa shape index (κ1) is 25.5. The molecule has 0 aromatic carbocycles. The largest absolute Gasteiger partial charge is 0.481 e. The number of carbonyl (C=O) groups is 1. The number of methoxy groups -OCH3 is 1. The van der Waals surface area contributed by atoms with Gasteiger partial charge in [-0.15, -0.1) is 0 Å². The van der Waals surface area contributed by atoms with Crippen LogP contribution in [-0.2, 0) is 11.2 Å². The molecule has 4 heterocycles. The monoisotopic (exact) mass is 491 g/mol. The quantitative estimate of drug-likeness (QED) is 0.497. The van der Waals surface area contributed by atoms with Crippen molar-refractivity contribution >= 4 is 11.7 Å². The van der Waals surface area contributed by atoms with Crippen LogP contribution < -0.4 is 10.1 Å². The summed E-state index contributed by atoms with van der Waals surface area (Å²) >= 11 is 0. The average molecular weight is 492 g/mol. The highest BCUT2D eigenvalue weighted by atomic mass is 19.1. The first-order chi connectivity index (χ1) is 17.1. The maximum atomic E-state index is 14.5. The van der Waals surface area contributed by atoms with Crippen LogP contribution in [0.25, 0.3) is 11.3 Å². The number of anilines is 1. The Bertz CT molecular complexity index is 1280. The van der Waals surface area contributed by atoms with Gasteiger partial charge in [0, 0.05) is 42.2 Å². The molecule has 1 N–H and O–H groups in total. The fraction of sp³-hybridized carbons (Fsp3) is 0.429. The van der Waals surface area contributed by atoms with Crippen LogP contribution in [0.2, 0.25) is 0 Å². The van der Waals surface area contributed by atoms with E-state index in [-0.39, 0.29) is 22.9 Å². The number of halogens is 1. The molecule has 0 saturated carbocycles. The molecule has 0 aliphatic carbocycles. The van der Waals surface area contributed by atoms with Crippen LogP contribution in [0.15, 0.2) is 36.7 Å². The molecule has 2 atom stereocenters. The normalized spacial score (nSPS) is 17.6. The lowest BCUT2D eigenvalue weighted by Gasteiger charge is -2.40. The molecular formula is C28H34FN5O2. The molecule has 190 valence electrons. The number of aryl methyl sites for hydroxylation is 3. The van der Waals surface area contributed by atoms with Gasteiger partial charge in [-0.3, -0.25) is 9.78 Å². The van der Waals surface area contributed by atoms with E-state index in [0.29, 0.717) is 13.1 Å². The summed E-state index contributed by atoms with van der Waals surface area (Å²) in [5.41, 5.74) is 5.09. The third-order valence-corrected chi connectivity index (χ3v) is 6.99. The lowest BCUT2D eigenvalue weighted by molar-refractivity contribution is -0.133. The van der Waals surface area contributed by atoms with Crippen molar-refractivity contribution in [3.8, 4) is 17.1 Å². The Morgan fingerprint density at radius 1 is 1.28 bits per heavy atom. The van der Waals surface area contributed by atoms with E-state index in [2.05, 4.69) is 41.3 Å². The van der Waals surface area contributed by atoms with Gasteiger partial charge in [-0.2, -0.15) is 0 Å². The number of nitrogens with zero attached hydrogens (tertiary/aromatic N) is 4. The van der Waals surface area contributed by atoms with Crippen molar-refractivity contribution in [3.05, 3.63) is 64.9 Å². The number of fused-ring (bicyclic) bond motifs is 1. The van der Waals surface area contributed by atoms with Gasteiger partial charge in [0.15, 0.2) is 0 Å². The van der Waals surface area contributed by atoms with Crippen LogP contribution >= 0.6 is 0 Å². The van der Waals surface area contributed by atoms with Crippen LogP contribution in [0, 0.1) is 19.7 Å². The topological polar surface area (TPSA) is 80.2 Å². The number of likely N-dealkylation sites (N-methyl/N-ethyl adjacent to an activating group) is 1. The SMILES string of the molecule is CCN(C[C@@]1(C)CCc2cc(-c3cc(C)ccn3)c(C)nc2N1)C(=O)[C@H](C)c1cc(OC)ncc1F. The number of hydrogen-bond acceptors (Lipinski definition) is 6. The highest BCUT2D eigenvalue weighted by Crippen LogP contribution is 2.34. The number of carbonyl (C=O) groups excluding carboxylic acids is 1. The predicted octanol–water partition coefficient (Wildman–Crippen LogP) is 5.07. The van der Waals surface area contributed by atoms with Gasteiger partial charge >= 0.3 is 0 Å². The lowest BCUT2D eigenvalue weighted by Crippen LogP contribution is -2.51. The van der Waals surface area contributed by atoms with Gasteiger partial charge in [0.05, 0.1) is 30.5 Å². The number of pyridine rings is 3. The standard InChI is InChI=1S/C28H34FN5O2/c1-7-34(27(35)18(3)21-14-25(36-6)31-15-23(21)29)16-28(5)10-8-20-13-22(19(4)32-26(20)33-28)24-12-17(2)9-11-30-24/h9,11-15,18H,7-8,10,16H2,1-6H3,(H,32,33)/t18-,28-/m1/s1. The van der Waals surface area contributed by atoms with Crippen LogP contribution in [0.3, 0.4) is 0 Å². The molecule has 8 heteroatoms. The molecule has 3 aromatic heterocycles. The van der Waals surface area contributed by atoms with Crippen LogP contribution in [0.4, 0.5) is 10.2 Å². The van der Waals surface area contributed by atoms with Crippen LogP contribution in [0.5, 0.6) is 5.88 Å². The molecule has 36 heavy (non-hydrogen) atoms. The summed E-state index contributed by atoms with van der Waals surface area (Å²) in [6.45, 7) is 10.8. The number of hydrogen-bond donors (Lipinski definition) is 1. The zero-order chi connectivity index (χ0) is 26.0. The van der Waals surface area contributed by atoms with E-state index in [1.54, 1.807) is 11.8 Å². The van der Waals surface area contributed by atoms with Gasteiger partial charge in [0.2, 0.25) is 11.8 Å². The zero-order valence-corrected chi connectivity index (χ0v) is 21.9. The Morgan fingerprint density at radius 2 is 2.06 bits per heavy atom. The second kappa shape index (κ2) is 10.2. The Labute approximate surface area is 212 Å². The van der Waals surface area contributed by atoms with E-state index in [9.17, 15) is 9.18 Å². The van der Waals surface area contributed by atoms with Crippen molar-refractivity contribution in [1.82, 2.24) is 19.9 Å². The van der Waals surface area contributed by atoms with Gasteiger partial charge in [0.1, 0.15) is 11.6 Å². The molecule has 0 bridgehead atoms. The minimum atomic E-state index is -0.661. The summed E-state index contributed by atoms with van der Waals surface area (Å²) in [7, 11) is 1.47. The Morgan fingerprint density at radius 3 is 2.75 bits per heavy atom. The third kappa shape index (κ3) is 5.17. The second-order valence-corrected chi connectivity index (χ2v) is 9.86. The van der Waals surface area contributed by atoms with Gasteiger partial charge < -0.3 is 15.0 Å². The third-order valence-electron chi connectivity index (χ3n) is 6.99. The Balaban J connectivity index is 1.53. The van der Waals surface area contributed by atoms with Gasteiger partial charge in [-0.05, 0) is 76.8 Å². The molecular weight excluding hydrogens is 457 g/mol.